The van der Waals surface area contributed by atoms with E-state index in [2.05, 4.69) is 21.6 Å². The van der Waals surface area contributed by atoms with Crippen LogP contribution >= 0.6 is 36.4 Å². The van der Waals surface area contributed by atoms with E-state index in [1.165, 1.54) is 0 Å². The molecule has 2 saturated heterocycles. The molecule has 3 fully saturated rings. The molecule has 0 bridgehead atoms. The van der Waals surface area contributed by atoms with Gasteiger partial charge in [0, 0.05) is 25.0 Å². The van der Waals surface area contributed by atoms with Crippen LogP contribution < -0.4 is 15.5 Å². The number of hydrogen-bond acceptors (Lipinski definition) is 3. The van der Waals surface area contributed by atoms with Crippen molar-refractivity contribution in [3.05, 3.63) is 29.3 Å². The van der Waals surface area contributed by atoms with Gasteiger partial charge in [0.15, 0.2) is 0 Å². The number of nitrogens with one attached hydrogen (secondary N) is 2. The van der Waals surface area contributed by atoms with Crippen molar-refractivity contribution in [1.82, 2.24) is 10.6 Å². The lowest BCUT2D eigenvalue weighted by Gasteiger charge is -2.35. The molecule has 146 valence electrons. The van der Waals surface area contributed by atoms with Crippen LogP contribution in [0.4, 0.5) is 5.69 Å². The zero-order chi connectivity index (χ0) is 16.6. The van der Waals surface area contributed by atoms with Crippen LogP contribution in [0, 0.1) is 11.3 Å². The Kier molecular flexibility index (Phi) is 7.49. The summed E-state index contributed by atoms with van der Waals surface area (Å²) < 4.78 is 0. The van der Waals surface area contributed by atoms with Gasteiger partial charge in [-0.25, -0.2) is 0 Å². The Morgan fingerprint density at radius 3 is 2.69 bits per heavy atom. The number of carbonyl (C=O) groups is 1. The minimum Gasteiger partial charge on any atom is -0.368 e. The number of anilines is 1. The predicted octanol–water partition coefficient (Wildman–Crippen LogP) is 3.66. The van der Waals surface area contributed by atoms with Gasteiger partial charge in [-0.2, -0.15) is 0 Å². The summed E-state index contributed by atoms with van der Waals surface area (Å²) in [7, 11) is 0. The third-order valence-corrected chi connectivity index (χ3v) is 6.39. The molecule has 1 aliphatic carbocycles. The molecule has 1 aromatic carbocycles. The minimum atomic E-state index is 0. The first-order valence-corrected chi connectivity index (χ1v) is 9.56. The zero-order valence-corrected chi connectivity index (χ0v) is 17.3. The fourth-order valence-corrected chi connectivity index (χ4v) is 4.77. The van der Waals surface area contributed by atoms with Crippen LogP contribution in [0.1, 0.15) is 32.1 Å². The average molecular weight is 421 g/mol. The van der Waals surface area contributed by atoms with Crippen LogP contribution in [0.5, 0.6) is 0 Å². The summed E-state index contributed by atoms with van der Waals surface area (Å²) in [6.45, 7) is 3.99. The summed E-state index contributed by atoms with van der Waals surface area (Å²) in [6, 6.07) is 8.22. The number of rotatable bonds is 3. The van der Waals surface area contributed by atoms with Crippen molar-refractivity contribution in [3.8, 4) is 0 Å². The molecule has 0 aromatic heterocycles. The Hall–Kier alpha value is -0.680. The van der Waals surface area contributed by atoms with E-state index in [1.54, 1.807) is 0 Å². The molecule has 2 heterocycles. The highest BCUT2D eigenvalue weighted by Crippen LogP contribution is 2.58. The second-order valence-electron chi connectivity index (χ2n) is 7.61. The van der Waals surface area contributed by atoms with Crippen LogP contribution in [0.3, 0.4) is 0 Å². The summed E-state index contributed by atoms with van der Waals surface area (Å²) in [5, 5.41) is 7.52. The number of hydrogen-bond donors (Lipinski definition) is 2. The third kappa shape index (κ3) is 4.41. The number of amides is 1. The average Bonchev–Trinajstić information content (AvgIpc) is 3.29. The summed E-state index contributed by atoms with van der Waals surface area (Å²) >= 11 is 6.33. The molecule has 1 spiro atoms. The molecule has 1 saturated carbocycles. The van der Waals surface area contributed by atoms with E-state index in [9.17, 15) is 4.79 Å². The van der Waals surface area contributed by atoms with E-state index >= 15 is 0 Å². The molecule has 1 aromatic rings. The molecule has 2 unspecified atom stereocenters. The van der Waals surface area contributed by atoms with Gasteiger partial charge < -0.3 is 15.5 Å². The molecule has 4 rings (SSSR count). The zero-order valence-electron chi connectivity index (χ0n) is 14.9. The van der Waals surface area contributed by atoms with Crippen LogP contribution in [0.2, 0.25) is 5.02 Å². The third-order valence-electron chi connectivity index (χ3n) is 6.07. The molecular weight excluding hydrogens is 393 g/mol. The Bertz CT molecular complexity index is 622. The molecule has 7 heteroatoms. The monoisotopic (exact) mass is 419 g/mol. The molecule has 4 nitrogen and oxygen atoms in total. The highest BCUT2D eigenvalue weighted by Gasteiger charge is 2.57. The van der Waals surface area contributed by atoms with E-state index in [-0.39, 0.29) is 42.7 Å². The second kappa shape index (κ2) is 9.01. The fourth-order valence-electron chi connectivity index (χ4n) is 4.52. The van der Waals surface area contributed by atoms with E-state index in [0.717, 1.165) is 69.0 Å². The highest BCUT2D eigenvalue weighted by molar-refractivity contribution is 6.33. The number of piperidine rings is 2. The van der Waals surface area contributed by atoms with Crippen molar-refractivity contribution in [1.29, 1.82) is 0 Å². The van der Waals surface area contributed by atoms with Gasteiger partial charge in [0.25, 0.3) is 0 Å². The van der Waals surface area contributed by atoms with E-state index < -0.39 is 0 Å². The number of halogens is 3. The summed E-state index contributed by atoms with van der Waals surface area (Å²) in [5.41, 5.74) is 1.39. The Morgan fingerprint density at radius 2 is 1.96 bits per heavy atom. The van der Waals surface area contributed by atoms with Gasteiger partial charge >= 0.3 is 0 Å². The lowest BCUT2D eigenvalue weighted by atomic mass is 9.91. The Labute approximate surface area is 173 Å². The molecule has 2 aliphatic heterocycles. The predicted molar refractivity (Wildman–Crippen MR) is 112 cm³/mol. The van der Waals surface area contributed by atoms with E-state index in [1.807, 2.05) is 18.2 Å². The first-order valence-electron chi connectivity index (χ1n) is 9.19. The van der Waals surface area contributed by atoms with Gasteiger partial charge in [-0.1, -0.05) is 23.7 Å². The van der Waals surface area contributed by atoms with Crippen molar-refractivity contribution < 1.29 is 4.79 Å². The first-order chi connectivity index (χ1) is 11.7. The van der Waals surface area contributed by atoms with Gasteiger partial charge in [0.2, 0.25) is 5.91 Å². The van der Waals surface area contributed by atoms with E-state index in [4.69, 9.17) is 11.6 Å². The fraction of sp³-hybridized carbons (Fsp3) is 0.632. The van der Waals surface area contributed by atoms with Crippen molar-refractivity contribution in [3.63, 3.8) is 0 Å². The van der Waals surface area contributed by atoms with Crippen molar-refractivity contribution >= 4 is 48.0 Å². The lowest BCUT2D eigenvalue weighted by molar-refractivity contribution is -0.124. The van der Waals surface area contributed by atoms with Gasteiger partial charge in [0.1, 0.15) is 0 Å². The number of nitrogens with zero attached hydrogens (tertiary/aromatic N) is 1. The van der Waals surface area contributed by atoms with Crippen LogP contribution in [-0.4, -0.2) is 38.1 Å². The van der Waals surface area contributed by atoms with Gasteiger partial charge in [0.05, 0.1) is 10.7 Å². The minimum absolute atomic E-state index is 0. The number of benzene rings is 1. The van der Waals surface area contributed by atoms with Gasteiger partial charge in [-0.3, -0.25) is 4.79 Å². The molecule has 1 amide bonds. The van der Waals surface area contributed by atoms with Crippen molar-refractivity contribution in [2.75, 3.05) is 31.1 Å². The SMILES string of the molecule is Cl.Cl.O=C(NC1CCCN(c2ccccc2Cl)C1)C1CC12CCNCC2. The summed E-state index contributed by atoms with van der Waals surface area (Å²) in [5.74, 6) is 0.526. The number of carbonyl (C=O) groups excluding carboxylic acids is 1. The maximum Gasteiger partial charge on any atom is 0.223 e. The van der Waals surface area contributed by atoms with Crippen molar-refractivity contribution in [2.24, 2.45) is 11.3 Å². The summed E-state index contributed by atoms with van der Waals surface area (Å²) in [6.07, 6.45) is 5.55. The van der Waals surface area contributed by atoms with Crippen LogP contribution in [0.15, 0.2) is 24.3 Å². The standard InChI is InChI=1S/C19H26ClN3O.2ClH/c20-16-5-1-2-6-17(16)23-11-3-4-14(13-23)22-18(24)15-12-19(15)7-9-21-10-8-19;;/h1-2,5-6,14-15,21H,3-4,7-13H2,(H,22,24);2*1H. The normalized spacial score (nSPS) is 26.4. The molecule has 2 N–H and O–H groups in total. The van der Waals surface area contributed by atoms with Crippen LogP contribution in [0.25, 0.3) is 0 Å². The van der Waals surface area contributed by atoms with Gasteiger partial charge in [-0.15, -0.1) is 24.8 Å². The van der Waals surface area contributed by atoms with E-state index in [0.29, 0.717) is 5.41 Å². The van der Waals surface area contributed by atoms with Crippen LogP contribution in [-0.2, 0) is 4.79 Å². The smallest absolute Gasteiger partial charge is 0.223 e. The largest absolute Gasteiger partial charge is 0.368 e. The summed E-state index contributed by atoms with van der Waals surface area (Å²) in [4.78, 5) is 15.0. The van der Waals surface area contributed by atoms with Gasteiger partial charge in [-0.05, 0) is 62.7 Å². The maximum atomic E-state index is 12.7. The molecule has 3 aliphatic rings. The Morgan fingerprint density at radius 1 is 1.23 bits per heavy atom. The molecule has 2 atom stereocenters. The molecule has 26 heavy (non-hydrogen) atoms. The Balaban J connectivity index is 0.00000121. The topological polar surface area (TPSA) is 44.4 Å². The lowest BCUT2D eigenvalue weighted by Crippen LogP contribution is -2.48. The molecule has 0 radical (unpaired) electrons. The first kappa shape index (κ1) is 21.6. The maximum absolute atomic E-state index is 12.7. The quantitative estimate of drug-likeness (QED) is 0.784. The highest BCUT2D eigenvalue weighted by atomic mass is 35.5. The number of para-hydroxylation sites is 1. The second-order valence-corrected chi connectivity index (χ2v) is 8.02. The van der Waals surface area contributed by atoms with Crippen molar-refractivity contribution in [2.45, 2.75) is 38.1 Å². The molecular formula is C19H28Cl3N3O.